The van der Waals surface area contributed by atoms with Gasteiger partial charge in [0, 0.05) is 85.7 Å². The summed E-state index contributed by atoms with van der Waals surface area (Å²) in [6, 6.07) is 14.9. The van der Waals surface area contributed by atoms with Gasteiger partial charge in [-0.3, -0.25) is 49.2 Å². The predicted octanol–water partition coefficient (Wildman–Crippen LogP) is 10.6. The Balaban J connectivity index is 1.34. The van der Waals surface area contributed by atoms with E-state index in [1.54, 1.807) is 63.5 Å². The second kappa shape index (κ2) is 23.3. The number of nitro groups is 2. The van der Waals surface area contributed by atoms with Gasteiger partial charge in [-0.1, -0.05) is 82.4 Å². The number of ether oxygens (including phenoxy) is 2. The second-order valence-corrected chi connectivity index (χ2v) is 21.4. The topological polar surface area (TPSA) is 186 Å². The first kappa shape index (κ1) is 54.8. The molecule has 2 fully saturated rings. The molecular formula is C50H52Cl4N6O10S. The fourth-order valence-corrected chi connectivity index (χ4v) is 10.0. The quantitative estimate of drug-likeness (QED) is 0.0503. The van der Waals surface area contributed by atoms with E-state index in [1.807, 2.05) is 9.80 Å². The molecule has 0 bridgehead atoms. The van der Waals surface area contributed by atoms with E-state index in [0.29, 0.717) is 52.4 Å². The van der Waals surface area contributed by atoms with Crippen LogP contribution in [0.3, 0.4) is 0 Å². The summed E-state index contributed by atoms with van der Waals surface area (Å²) in [5.74, 6) is -1.47. The summed E-state index contributed by atoms with van der Waals surface area (Å²) in [5.41, 5.74) is -1.18. The lowest BCUT2D eigenvalue weighted by Crippen LogP contribution is -2.50. The van der Waals surface area contributed by atoms with Crippen molar-refractivity contribution in [3.05, 3.63) is 124 Å². The largest absolute Gasteiger partial charge is 0.459 e. The average molecular weight is 1070 g/mol. The van der Waals surface area contributed by atoms with Crippen molar-refractivity contribution in [3.8, 4) is 22.3 Å². The molecule has 2 aliphatic heterocycles. The lowest BCUT2D eigenvalue weighted by molar-refractivity contribution is -0.387. The Bertz CT molecular complexity index is 2610. The van der Waals surface area contributed by atoms with Crippen molar-refractivity contribution in [2.24, 2.45) is 0 Å². The minimum atomic E-state index is -0.630. The standard InChI is InChI=1S/C50H52Cl4N6O10S/c1-49(2,3)69-43(63)29-55-19-23-57(24-20-55)41(61)17-9-31-7-15-39(47(59(65)66)45(31)35-13-11-33(51)27-37(35)53)71-40-16-8-32(46(48(40)60(67)68)36-14-12-34(52)28-38(36)54)10-18-42(62)58-25-21-56(22-26-58)30-44(64)70-50(4,5)6/h7-18,27-28H,19-26,29-30H2,1-6H3. The highest BCUT2D eigenvalue weighted by Gasteiger charge is 2.32. The molecule has 21 heteroatoms. The Morgan fingerprint density at radius 2 is 0.930 bits per heavy atom. The molecule has 16 nitrogen and oxygen atoms in total. The molecule has 0 aromatic heterocycles. The molecular weight excluding hydrogens is 1020 g/mol. The maximum Gasteiger partial charge on any atom is 0.320 e. The number of piperazine rings is 2. The van der Waals surface area contributed by atoms with E-state index in [-0.39, 0.29) is 100 Å². The van der Waals surface area contributed by atoms with Gasteiger partial charge in [-0.2, -0.15) is 0 Å². The second-order valence-electron chi connectivity index (χ2n) is 18.7. The average Bonchev–Trinajstić information content (AvgIpc) is 3.26. The van der Waals surface area contributed by atoms with Gasteiger partial charge in [0.1, 0.15) is 11.2 Å². The van der Waals surface area contributed by atoms with Crippen LogP contribution in [0.4, 0.5) is 11.4 Å². The monoisotopic (exact) mass is 1070 g/mol. The number of esters is 2. The van der Waals surface area contributed by atoms with Crippen molar-refractivity contribution < 1.29 is 38.5 Å². The Hall–Kier alpha value is -5.53. The van der Waals surface area contributed by atoms with Gasteiger partial charge < -0.3 is 19.3 Å². The van der Waals surface area contributed by atoms with Crippen LogP contribution >= 0.6 is 58.2 Å². The molecule has 71 heavy (non-hydrogen) atoms. The highest BCUT2D eigenvalue weighted by molar-refractivity contribution is 7.99. The summed E-state index contributed by atoms with van der Waals surface area (Å²) < 4.78 is 10.9. The maximum absolute atomic E-state index is 13.6. The summed E-state index contributed by atoms with van der Waals surface area (Å²) in [4.78, 5) is 84.3. The van der Waals surface area contributed by atoms with Crippen molar-refractivity contribution >= 4 is 105 Å². The van der Waals surface area contributed by atoms with E-state index in [4.69, 9.17) is 55.9 Å². The van der Waals surface area contributed by atoms with E-state index in [2.05, 4.69) is 0 Å². The molecule has 0 atom stereocenters. The summed E-state index contributed by atoms with van der Waals surface area (Å²) >= 11 is 26.7. The number of rotatable bonds is 14. The number of hydrogen-bond donors (Lipinski definition) is 0. The molecule has 2 amide bonds. The van der Waals surface area contributed by atoms with E-state index >= 15 is 0 Å². The minimum Gasteiger partial charge on any atom is -0.459 e. The number of amides is 2. The lowest BCUT2D eigenvalue weighted by atomic mass is 9.97. The van der Waals surface area contributed by atoms with E-state index in [1.165, 1.54) is 72.8 Å². The van der Waals surface area contributed by atoms with Gasteiger partial charge in [0.05, 0.1) is 53.9 Å². The Morgan fingerprint density at radius 1 is 0.577 bits per heavy atom. The molecule has 0 radical (unpaired) electrons. The Morgan fingerprint density at radius 3 is 1.24 bits per heavy atom. The van der Waals surface area contributed by atoms with E-state index < -0.39 is 32.4 Å². The highest BCUT2D eigenvalue weighted by Crippen LogP contribution is 2.50. The first-order valence-electron chi connectivity index (χ1n) is 22.4. The van der Waals surface area contributed by atoms with Crippen LogP contribution < -0.4 is 0 Å². The van der Waals surface area contributed by atoms with Gasteiger partial charge in [-0.25, -0.2) is 0 Å². The van der Waals surface area contributed by atoms with Crippen molar-refractivity contribution in [2.75, 3.05) is 65.4 Å². The minimum absolute atomic E-state index is 0.00105. The molecule has 0 N–H and O–H groups in total. The summed E-state index contributed by atoms with van der Waals surface area (Å²) in [6.45, 7) is 13.9. The van der Waals surface area contributed by atoms with Crippen molar-refractivity contribution in [1.82, 2.24) is 19.6 Å². The molecule has 6 rings (SSSR count). The molecule has 0 spiro atoms. The van der Waals surface area contributed by atoms with Crippen LogP contribution in [0.5, 0.6) is 0 Å². The number of hydrogen-bond acceptors (Lipinski definition) is 13. The van der Waals surface area contributed by atoms with Gasteiger partial charge in [0.2, 0.25) is 11.8 Å². The SMILES string of the molecule is CC(C)(C)OC(=O)CN1CCN(C(=O)C=Cc2ccc(Sc3ccc(C=CC(=O)N4CCN(CC(=O)OC(C)(C)C)CC4)c(-c4ccc(Cl)cc4Cl)c3[N+](=O)[O-])c([N+](=O)[O-])c2-c2ccc(Cl)cc2Cl)CC1. The summed E-state index contributed by atoms with van der Waals surface area (Å²) in [6.07, 6.45) is 5.51. The molecule has 4 aromatic rings. The predicted molar refractivity (Wildman–Crippen MR) is 277 cm³/mol. The van der Waals surface area contributed by atoms with Crippen LogP contribution in [-0.2, 0) is 28.7 Å². The van der Waals surface area contributed by atoms with Crippen LogP contribution in [0.15, 0.2) is 82.6 Å². The molecule has 2 saturated heterocycles. The zero-order chi connectivity index (χ0) is 51.9. The Kier molecular flexibility index (Phi) is 18.0. The molecule has 2 heterocycles. The van der Waals surface area contributed by atoms with Gasteiger partial charge >= 0.3 is 11.9 Å². The van der Waals surface area contributed by atoms with Crippen LogP contribution in [0.1, 0.15) is 52.7 Å². The number of nitrogens with zero attached hydrogens (tertiary/aromatic N) is 6. The molecule has 376 valence electrons. The van der Waals surface area contributed by atoms with Crippen LogP contribution in [0, 0.1) is 20.2 Å². The first-order valence-corrected chi connectivity index (χ1v) is 24.7. The number of benzene rings is 4. The zero-order valence-electron chi connectivity index (χ0n) is 39.8. The molecule has 0 saturated carbocycles. The Labute approximate surface area is 435 Å². The molecule has 0 aliphatic carbocycles. The lowest BCUT2D eigenvalue weighted by Gasteiger charge is -2.34. The van der Waals surface area contributed by atoms with Crippen LogP contribution in [0.2, 0.25) is 20.1 Å². The fourth-order valence-electron chi connectivity index (χ4n) is 7.95. The van der Waals surface area contributed by atoms with Crippen LogP contribution in [0.25, 0.3) is 34.4 Å². The normalized spacial score (nSPS) is 15.1. The highest BCUT2D eigenvalue weighted by atomic mass is 35.5. The first-order chi connectivity index (χ1) is 33.4. The van der Waals surface area contributed by atoms with Gasteiger partial charge in [-0.15, -0.1) is 0 Å². The van der Waals surface area contributed by atoms with Crippen molar-refractivity contribution in [3.63, 3.8) is 0 Å². The molecule has 4 aromatic carbocycles. The maximum atomic E-state index is 13.6. The number of nitro benzene ring substituents is 2. The summed E-state index contributed by atoms with van der Waals surface area (Å²) in [7, 11) is 0. The third kappa shape index (κ3) is 14.8. The van der Waals surface area contributed by atoms with Crippen molar-refractivity contribution in [2.45, 2.75) is 62.5 Å². The fraction of sp³-hybridized carbons (Fsp3) is 0.360. The van der Waals surface area contributed by atoms with Gasteiger partial charge in [0.25, 0.3) is 11.4 Å². The van der Waals surface area contributed by atoms with E-state index in [9.17, 15) is 39.4 Å². The van der Waals surface area contributed by atoms with Crippen molar-refractivity contribution in [1.29, 1.82) is 0 Å². The molecule has 0 unspecified atom stereocenters. The summed E-state index contributed by atoms with van der Waals surface area (Å²) in [5, 5.41) is 27.3. The molecule has 2 aliphatic rings. The third-order valence-electron chi connectivity index (χ3n) is 11.1. The number of carbonyl (C=O) groups is 4. The number of carbonyl (C=O) groups excluding carboxylic acids is 4. The number of halogens is 4. The van der Waals surface area contributed by atoms with E-state index in [0.717, 1.165) is 11.8 Å². The van der Waals surface area contributed by atoms with Gasteiger partial charge in [-0.05, 0) is 101 Å². The smallest absolute Gasteiger partial charge is 0.320 e. The zero-order valence-corrected chi connectivity index (χ0v) is 43.7. The van der Waals surface area contributed by atoms with Gasteiger partial charge in [0.15, 0.2) is 0 Å². The van der Waals surface area contributed by atoms with Crippen LogP contribution in [-0.4, -0.2) is 130 Å². The third-order valence-corrected chi connectivity index (χ3v) is 13.3.